The molecule has 0 amide bonds. The third-order valence-electron chi connectivity index (χ3n) is 3.58. The maximum absolute atomic E-state index is 9.49. The van der Waals surface area contributed by atoms with Crippen LogP contribution >= 0.6 is 0 Å². The van der Waals surface area contributed by atoms with Crippen LogP contribution in [0, 0.1) is 0 Å². The number of phenols is 1. The highest BCUT2D eigenvalue weighted by atomic mass is 16.5. The molecule has 0 saturated carbocycles. The van der Waals surface area contributed by atoms with E-state index in [9.17, 15) is 5.11 Å². The van der Waals surface area contributed by atoms with E-state index in [-0.39, 0.29) is 0 Å². The molecule has 2 heteroatoms. The summed E-state index contributed by atoms with van der Waals surface area (Å²) in [5, 5.41) is 9.49. The Bertz CT molecular complexity index is 624. The number of methoxy groups -OCH3 is 1. The molecule has 96 valence electrons. The van der Waals surface area contributed by atoms with Crippen molar-refractivity contribution in [2.75, 3.05) is 7.11 Å². The second-order valence-corrected chi connectivity index (χ2v) is 4.78. The van der Waals surface area contributed by atoms with Crippen LogP contribution in [-0.4, -0.2) is 12.2 Å². The fourth-order valence-electron chi connectivity index (χ4n) is 2.51. The highest BCUT2D eigenvalue weighted by molar-refractivity contribution is 5.84. The Hall–Kier alpha value is -2.22. The number of hydrogen-bond acceptors (Lipinski definition) is 2. The lowest BCUT2D eigenvalue weighted by atomic mass is 9.88. The number of hydrogen-bond donors (Lipinski definition) is 1. The van der Waals surface area contributed by atoms with Crippen LogP contribution in [0.4, 0.5) is 0 Å². The molecular formula is C17H16O2. The van der Waals surface area contributed by atoms with Gasteiger partial charge in [0.05, 0.1) is 7.11 Å². The first-order valence-corrected chi connectivity index (χ1v) is 6.43. The van der Waals surface area contributed by atoms with Gasteiger partial charge in [0.25, 0.3) is 0 Å². The molecule has 19 heavy (non-hydrogen) atoms. The summed E-state index contributed by atoms with van der Waals surface area (Å²) in [5.41, 5.74) is 4.99. The average Bonchev–Trinajstić information content (AvgIpc) is 2.47. The van der Waals surface area contributed by atoms with E-state index >= 15 is 0 Å². The number of allylic oxidation sites excluding steroid dienone is 1. The van der Waals surface area contributed by atoms with Crippen LogP contribution in [0.15, 0.2) is 42.5 Å². The monoisotopic (exact) mass is 252 g/mol. The largest absolute Gasteiger partial charge is 0.508 e. The van der Waals surface area contributed by atoms with Crippen molar-refractivity contribution in [3.8, 4) is 11.5 Å². The summed E-state index contributed by atoms with van der Waals surface area (Å²) in [5.74, 6) is 1.23. The first-order valence-electron chi connectivity index (χ1n) is 6.43. The molecule has 0 saturated heterocycles. The number of benzene rings is 2. The van der Waals surface area contributed by atoms with Crippen molar-refractivity contribution in [1.82, 2.24) is 0 Å². The molecule has 2 nitrogen and oxygen atoms in total. The fourth-order valence-corrected chi connectivity index (χ4v) is 2.51. The maximum atomic E-state index is 9.49. The van der Waals surface area contributed by atoms with Crippen LogP contribution in [-0.2, 0) is 6.42 Å². The van der Waals surface area contributed by atoms with Gasteiger partial charge in [0.15, 0.2) is 0 Å². The average molecular weight is 252 g/mol. The molecule has 1 aliphatic rings. The van der Waals surface area contributed by atoms with Crippen LogP contribution in [0.25, 0.3) is 11.6 Å². The van der Waals surface area contributed by atoms with E-state index in [1.54, 1.807) is 13.2 Å². The van der Waals surface area contributed by atoms with Crippen LogP contribution in [0.1, 0.15) is 23.1 Å². The zero-order valence-electron chi connectivity index (χ0n) is 10.9. The first-order chi connectivity index (χ1) is 9.26. The molecule has 2 aromatic rings. The van der Waals surface area contributed by atoms with E-state index in [4.69, 9.17) is 4.74 Å². The molecule has 0 bridgehead atoms. The van der Waals surface area contributed by atoms with Gasteiger partial charge in [-0.05, 0) is 59.4 Å². The Morgan fingerprint density at radius 3 is 2.53 bits per heavy atom. The number of fused-ring (bicyclic) bond motifs is 1. The van der Waals surface area contributed by atoms with Crippen molar-refractivity contribution in [2.24, 2.45) is 0 Å². The third-order valence-corrected chi connectivity index (χ3v) is 3.58. The molecule has 0 aromatic heterocycles. The van der Waals surface area contributed by atoms with Gasteiger partial charge < -0.3 is 9.84 Å². The second kappa shape index (κ2) is 4.81. The van der Waals surface area contributed by atoms with Gasteiger partial charge >= 0.3 is 0 Å². The van der Waals surface area contributed by atoms with Gasteiger partial charge in [-0.25, -0.2) is 0 Å². The fraction of sp³-hybridized carbons (Fsp3) is 0.176. The van der Waals surface area contributed by atoms with Gasteiger partial charge in [-0.15, -0.1) is 0 Å². The van der Waals surface area contributed by atoms with Crippen LogP contribution in [0.5, 0.6) is 11.5 Å². The Morgan fingerprint density at radius 1 is 1.00 bits per heavy atom. The quantitative estimate of drug-likeness (QED) is 0.878. The minimum absolute atomic E-state index is 0.347. The predicted octanol–water partition coefficient (Wildman–Crippen LogP) is 3.89. The summed E-state index contributed by atoms with van der Waals surface area (Å²) in [7, 11) is 1.68. The zero-order chi connectivity index (χ0) is 13.2. The Balaban J connectivity index is 1.95. The summed E-state index contributed by atoms with van der Waals surface area (Å²) in [6, 6.07) is 13.7. The van der Waals surface area contributed by atoms with Crippen LogP contribution < -0.4 is 4.74 Å². The Morgan fingerprint density at radius 2 is 1.79 bits per heavy atom. The van der Waals surface area contributed by atoms with Gasteiger partial charge in [-0.3, -0.25) is 0 Å². The number of rotatable bonds is 2. The number of phenolic OH excluding ortho intramolecular Hbond substituents is 1. The van der Waals surface area contributed by atoms with Crippen LogP contribution in [0.3, 0.4) is 0 Å². The smallest absolute Gasteiger partial charge is 0.118 e. The van der Waals surface area contributed by atoms with E-state index in [2.05, 4.69) is 18.2 Å². The normalized spacial score (nSPS) is 13.6. The summed E-state index contributed by atoms with van der Waals surface area (Å²) >= 11 is 0. The van der Waals surface area contributed by atoms with E-state index in [0.29, 0.717) is 5.75 Å². The van der Waals surface area contributed by atoms with Gasteiger partial charge in [0.2, 0.25) is 0 Å². The molecule has 0 unspecified atom stereocenters. The number of aromatic hydroxyl groups is 1. The second-order valence-electron chi connectivity index (χ2n) is 4.78. The summed E-state index contributed by atoms with van der Waals surface area (Å²) in [6.07, 6.45) is 4.18. The Kier molecular flexibility index (Phi) is 3.00. The molecule has 0 aliphatic heterocycles. The predicted molar refractivity (Wildman–Crippen MR) is 77.3 cm³/mol. The molecule has 0 spiro atoms. The maximum Gasteiger partial charge on any atom is 0.118 e. The molecule has 0 radical (unpaired) electrons. The van der Waals surface area contributed by atoms with Crippen molar-refractivity contribution < 1.29 is 9.84 Å². The topological polar surface area (TPSA) is 29.5 Å². The van der Waals surface area contributed by atoms with Crippen molar-refractivity contribution in [3.05, 3.63) is 59.2 Å². The van der Waals surface area contributed by atoms with E-state index in [0.717, 1.165) is 18.6 Å². The van der Waals surface area contributed by atoms with Crippen LogP contribution in [0.2, 0.25) is 0 Å². The van der Waals surface area contributed by atoms with Crippen molar-refractivity contribution >= 4 is 11.6 Å². The van der Waals surface area contributed by atoms with Gasteiger partial charge in [-0.1, -0.05) is 24.3 Å². The van der Waals surface area contributed by atoms with E-state index in [1.165, 1.54) is 22.3 Å². The lowest BCUT2D eigenvalue weighted by molar-refractivity contribution is 0.415. The van der Waals surface area contributed by atoms with Gasteiger partial charge in [0, 0.05) is 0 Å². The number of aryl methyl sites for hydroxylation is 1. The third kappa shape index (κ3) is 2.34. The van der Waals surface area contributed by atoms with Gasteiger partial charge in [-0.2, -0.15) is 0 Å². The SMILES string of the molecule is COc1ccc(C2=Cc3ccc(O)cc3CC2)cc1. The van der Waals surface area contributed by atoms with Crippen molar-refractivity contribution in [1.29, 1.82) is 0 Å². The molecule has 2 aromatic carbocycles. The Labute approximate surface area is 113 Å². The molecule has 0 atom stereocenters. The molecule has 0 fully saturated rings. The lowest BCUT2D eigenvalue weighted by Crippen LogP contribution is -1.98. The van der Waals surface area contributed by atoms with E-state index in [1.807, 2.05) is 24.3 Å². The highest BCUT2D eigenvalue weighted by Crippen LogP contribution is 2.32. The standard InChI is InChI=1S/C17H16O2/c1-19-17-8-5-12(6-9-17)13-2-3-15-11-16(18)7-4-14(15)10-13/h4-11,18H,2-3H2,1H3. The minimum Gasteiger partial charge on any atom is -0.508 e. The minimum atomic E-state index is 0.347. The summed E-state index contributed by atoms with van der Waals surface area (Å²) in [4.78, 5) is 0. The molecular weight excluding hydrogens is 236 g/mol. The van der Waals surface area contributed by atoms with Crippen molar-refractivity contribution in [3.63, 3.8) is 0 Å². The summed E-state index contributed by atoms with van der Waals surface area (Å²) < 4.78 is 5.18. The van der Waals surface area contributed by atoms with Gasteiger partial charge in [0.1, 0.15) is 11.5 Å². The molecule has 1 N–H and O–H groups in total. The zero-order valence-corrected chi connectivity index (χ0v) is 10.9. The number of ether oxygens (including phenoxy) is 1. The van der Waals surface area contributed by atoms with E-state index < -0.39 is 0 Å². The molecule has 3 rings (SSSR count). The highest BCUT2D eigenvalue weighted by Gasteiger charge is 2.12. The molecule has 1 aliphatic carbocycles. The lowest BCUT2D eigenvalue weighted by Gasteiger charge is -2.17. The summed E-state index contributed by atoms with van der Waals surface area (Å²) in [6.45, 7) is 0. The van der Waals surface area contributed by atoms with Crippen molar-refractivity contribution in [2.45, 2.75) is 12.8 Å². The first kappa shape index (κ1) is 11.8. The molecule has 0 heterocycles.